The molecule has 1 aromatic rings. The fourth-order valence-electron chi connectivity index (χ4n) is 2.60. The quantitative estimate of drug-likeness (QED) is 0.893. The second-order valence-corrected chi connectivity index (χ2v) is 5.00. The molecule has 1 N–H and O–H groups in total. The maximum Gasteiger partial charge on any atom is 0.118 e. The number of hydrogen-bond acceptors (Lipinski definition) is 3. The van der Waals surface area contributed by atoms with Crippen LogP contribution in [0.15, 0.2) is 24.3 Å². The molecule has 1 aliphatic rings. The molecule has 1 aromatic carbocycles. The predicted octanol–water partition coefficient (Wildman–Crippen LogP) is 2.86. The van der Waals surface area contributed by atoms with Gasteiger partial charge in [-0.2, -0.15) is 0 Å². The Bertz CT molecular complexity index is 372. The van der Waals surface area contributed by atoms with Crippen molar-refractivity contribution in [2.45, 2.75) is 44.3 Å². The molecule has 0 saturated carbocycles. The second-order valence-electron chi connectivity index (χ2n) is 5.00. The van der Waals surface area contributed by atoms with Crippen LogP contribution < -0.4 is 4.74 Å². The summed E-state index contributed by atoms with van der Waals surface area (Å²) in [6.45, 7) is 2.78. The summed E-state index contributed by atoms with van der Waals surface area (Å²) in [6.07, 6.45) is 3.63. The lowest BCUT2D eigenvalue weighted by Crippen LogP contribution is -2.38. The zero-order valence-electron chi connectivity index (χ0n) is 11.2. The standard InChI is InChI=1S/C15H22O3/c1-3-4-14-11-15(16,9-10-18-14)12-5-7-13(17-2)8-6-12/h5-8,14,16H,3-4,9-11H2,1-2H3. The Balaban J connectivity index is 2.13. The summed E-state index contributed by atoms with van der Waals surface area (Å²) >= 11 is 0. The molecule has 3 heteroatoms. The van der Waals surface area contributed by atoms with E-state index in [1.54, 1.807) is 7.11 Å². The first kappa shape index (κ1) is 13.4. The lowest BCUT2D eigenvalue weighted by atomic mass is 9.83. The van der Waals surface area contributed by atoms with Crippen molar-refractivity contribution in [3.8, 4) is 5.75 Å². The molecule has 0 aromatic heterocycles. The third-order valence-electron chi connectivity index (χ3n) is 3.67. The van der Waals surface area contributed by atoms with Gasteiger partial charge in [0.2, 0.25) is 0 Å². The van der Waals surface area contributed by atoms with Crippen molar-refractivity contribution in [2.24, 2.45) is 0 Å². The molecule has 3 nitrogen and oxygen atoms in total. The lowest BCUT2D eigenvalue weighted by molar-refractivity contribution is -0.110. The smallest absolute Gasteiger partial charge is 0.118 e. The maximum absolute atomic E-state index is 10.8. The molecule has 0 radical (unpaired) electrons. The average molecular weight is 250 g/mol. The molecule has 1 heterocycles. The molecule has 0 amide bonds. The van der Waals surface area contributed by atoms with Crippen LogP contribution in [-0.2, 0) is 10.3 Å². The minimum atomic E-state index is -0.746. The Morgan fingerprint density at radius 3 is 2.72 bits per heavy atom. The zero-order chi connectivity index (χ0) is 13.0. The highest BCUT2D eigenvalue weighted by molar-refractivity contribution is 5.31. The van der Waals surface area contributed by atoms with Crippen molar-refractivity contribution in [3.63, 3.8) is 0 Å². The van der Waals surface area contributed by atoms with E-state index in [1.165, 1.54) is 0 Å². The highest BCUT2D eigenvalue weighted by Gasteiger charge is 2.36. The van der Waals surface area contributed by atoms with Crippen LogP contribution >= 0.6 is 0 Å². The normalized spacial score (nSPS) is 28.1. The van der Waals surface area contributed by atoms with Gasteiger partial charge in [0.25, 0.3) is 0 Å². The molecule has 1 aliphatic heterocycles. The number of aliphatic hydroxyl groups is 1. The van der Waals surface area contributed by atoms with Crippen LogP contribution in [0.25, 0.3) is 0 Å². The van der Waals surface area contributed by atoms with Crippen LogP contribution in [0, 0.1) is 0 Å². The topological polar surface area (TPSA) is 38.7 Å². The van der Waals surface area contributed by atoms with E-state index in [0.29, 0.717) is 19.4 Å². The van der Waals surface area contributed by atoms with Crippen molar-refractivity contribution in [3.05, 3.63) is 29.8 Å². The van der Waals surface area contributed by atoms with E-state index in [1.807, 2.05) is 24.3 Å². The number of benzene rings is 1. The SMILES string of the molecule is CCCC1CC(O)(c2ccc(OC)cc2)CCO1. The summed E-state index contributed by atoms with van der Waals surface area (Å²) in [4.78, 5) is 0. The molecule has 2 atom stereocenters. The lowest BCUT2D eigenvalue weighted by Gasteiger charge is -2.37. The number of hydrogen-bond donors (Lipinski definition) is 1. The summed E-state index contributed by atoms with van der Waals surface area (Å²) < 4.78 is 10.8. The average Bonchev–Trinajstić information content (AvgIpc) is 2.39. The first-order valence-electron chi connectivity index (χ1n) is 6.66. The van der Waals surface area contributed by atoms with Gasteiger partial charge in [-0.15, -0.1) is 0 Å². The minimum absolute atomic E-state index is 0.177. The highest BCUT2D eigenvalue weighted by Crippen LogP contribution is 2.36. The maximum atomic E-state index is 10.8. The summed E-state index contributed by atoms with van der Waals surface area (Å²) in [5.41, 5.74) is 0.220. The van der Waals surface area contributed by atoms with Gasteiger partial charge in [0.1, 0.15) is 5.75 Å². The van der Waals surface area contributed by atoms with Crippen molar-refractivity contribution >= 4 is 0 Å². The van der Waals surface area contributed by atoms with Gasteiger partial charge in [-0.25, -0.2) is 0 Å². The Morgan fingerprint density at radius 1 is 1.39 bits per heavy atom. The van der Waals surface area contributed by atoms with E-state index >= 15 is 0 Å². The molecule has 2 rings (SSSR count). The first-order chi connectivity index (χ1) is 8.68. The summed E-state index contributed by atoms with van der Waals surface area (Å²) in [7, 11) is 1.65. The van der Waals surface area contributed by atoms with Gasteiger partial charge in [-0.05, 0) is 24.1 Å². The third kappa shape index (κ3) is 2.85. The summed E-state index contributed by atoms with van der Waals surface area (Å²) in [5.74, 6) is 0.819. The van der Waals surface area contributed by atoms with Gasteiger partial charge in [0, 0.05) is 12.8 Å². The van der Waals surface area contributed by atoms with Crippen molar-refractivity contribution in [1.82, 2.24) is 0 Å². The van der Waals surface area contributed by atoms with Crippen molar-refractivity contribution in [1.29, 1.82) is 0 Å². The number of methoxy groups -OCH3 is 1. The molecule has 0 aliphatic carbocycles. The molecule has 0 bridgehead atoms. The zero-order valence-corrected chi connectivity index (χ0v) is 11.2. The largest absolute Gasteiger partial charge is 0.497 e. The van der Waals surface area contributed by atoms with Crippen LogP contribution in [0.2, 0.25) is 0 Å². The van der Waals surface area contributed by atoms with Gasteiger partial charge >= 0.3 is 0 Å². The van der Waals surface area contributed by atoms with Gasteiger partial charge in [-0.1, -0.05) is 25.5 Å². The Kier molecular flexibility index (Phi) is 4.25. The predicted molar refractivity (Wildman–Crippen MR) is 70.8 cm³/mol. The van der Waals surface area contributed by atoms with Crippen molar-refractivity contribution in [2.75, 3.05) is 13.7 Å². The first-order valence-corrected chi connectivity index (χ1v) is 6.66. The van der Waals surface area contributed by atoms with E-state index in [2.05, 4.69) is 6.92 Å². The molecule has 100 valence electrons. The van der Waals surface area contributed by atoms with E-state index < -0.39 is 5.60 Å². The van der Waals surface area contributed by atoms with Gasteiger partial charge in [-0.3, -0.25) is 0 Å². The third-order valence-corrected chi connectivity index (χ3v) is 3.67. The van der Waals surface area contributed by atoms with E-state index in [4.69, 9.17) is 9.47 Å². The second kappa shape index (κ2) is 5.72. The molecule has 0 spiro atoms. The fraction of sp³-hybridized carbons (Fsp3) is 0.600. The van der Waals surface area contributed by atoms with E-state index in [9.17, 15) is 5.11 Å². The van der Waals surface area contributed by atoms with Crippen LogP contribution in [0.5, 0.6) is 5.75 Å². The molecular formula is C15H22O3. The highest BCUT2D eigenvalue weighted by atomic mass is 16.5. The molecule has 18 heavy (non-hydrogen) atoms. The van der Waals surface area contributed by atoms with Crippen molar-refractivity contribution < 1.29 is 14.6 Å². The molecule has 1 saturated heterocycles. The van der Waals surface area contributed by atoms with Gasteiger partial charge < -0.3 is 14.6 Å². The van der Waals surface area contributed by atoms with Crippen LogP contribution in [0.4, 0.5) is 0 Å². The summed E-state index contributed by atoms with van der Waals surface area (Å²) in [6, 6.07) is 7.70. The number of ether oxygens (including phenoxy) is 2. The number of rotatable bonds is 4. The summed E-state index contributed by atoms with van der Waals surface area (Å²) in [5, 5.41) is 10.8. The minimum Gasteiger partial charge on any atom is -0.497 e. The van der Waals surface area contributed by atoms with Gasteiger partial charge in [0.15, 0.2) is 0 Å². The molecule has 2 unspecified atom stereocenters. The van der Waals surface area contributed by atoms with Gasteiger partial charge in [0.05, 0.1) is 25.4 Å². The monoisotopic (exact) mass is 250 g/mol. The molecule has 1 fully saturated rings. The Hall–Kier alpha value is -1.06. The Labute approximate surface area is 109 Å². The van der Waals surface area contributed by atoms with E-state index in [0.717, 1.165) is 24.2 Å². The van der Waals surface area contributed by atoms with Crippen LogP contribution in [0.3, 0.4) is 0 Å². The van der Waals surface area contributed by atoms with E-state index in [-0.39, 0.29) is 6.10 Å². The molecular weight excluding hydrogens is 228 g/mol. The fourth-order valence-corrected chi connectivity index (χ4v) is 2.60. The Morgan fingerprint density at radius 2 is 2.11 bits per heavy atom. The van der Waals surface area contributed by atoms with Crippen LogP contribution in [0.1, 0.15) is 38.2 Å². The van der Waals surface area contributed by atoms with Crippen LogP contribution in [-0.4, -0.2) is 24.9 Å².